The average Bonchev–Trinajstić information content (AvgIpc) is 2.63. The van der Waals surface area contributed by atoms with Crippen LogP contribution in [0.25, 0.3) is 0 Å². The summed E-state index contributed by atoms with van der Waals surface area (Å²) in [6.45, 7) is 3.97. The molecule has 3 rings (SSSR count). The van der Waals surface area contributed by atoms with Crippen molar-refractivity contribution in [3.8, 4) is 0 Å². The van der Waals surface area contributed by atoms with Crippen LogP contribution in [0.5, 0.6) is 0 Å². The van der Waals surface area contributed by atoms with Crippen LogP contribution in [0, 0.1) is 6.92 Å². The maximum absolute atomic E-state index is 4.39. The molecular formula is C15H17N3. The van der Waals surface area contributed by atoms with Gasteiger partial charge in [-0.25, -0.2) is 4.98 Å². The third-order valence-electron chi connectivity index (χ3n) is 3.47. The number of pyridine rings is 1. The van der Waals surface area contributed by atoms with Gasteiger partial charge in [0.05, 0.1) is 5.69 Å². The monoisotopic (exact) mass is 239 g/mol. The molecule has 0 saturated heterocycles. The number of nitrogens with zero attached hydrogens (tertiary/aromatic N) is 1. The van der Waals surface area contributed by atoms with Crippen LogP contribution in [0.4, 0.5) is 11.5 Å². The Labute approximate surface area is 107 Å². The van der Waals surface area contributed by atoms with Gasteiger partial charge in [-0.15, -0.1) is 0 Å². The molecule has 2 N–H and O–H groups in total. The molecule has 3 nitrogen and oxygen atoms in total. The molecule has 2 heterocycles. The summed E-state index contributed by atoms with van der Waals surface area (Å²) in [5, 5.41) is 6.96. The molecular weight excluding hydrogens is 222 g/mol. The molecule has 0 aliphatic carbocycles. The molecule has 1 aromatic carbocycles. The number of nitrogens with one attached hydrogen (secondary N) is 2. The lowest BCUT2D eigenvalue weighted by molar-refractivity contribution is 0.766. The molecule has 0 amide bonds. The first kappa shape index (κ1) is 11.1. The summed E-state index contributed by atoms with van der Waals surface area (Å²) < 4.78 is 0. The van der Waals surface area contributed by atoms with Gasteiger partial charge in [0, 0.05) is 25.2 Å². The van der Waals surface area contributed by atoms with Crippen LogP contribution >= 0.6 is 0 Å². The summed E-state index contributed by atoms with van der Waals surface area (Å²) in [6, 6.07) is 12.7. The fourth-order valence-corrected chi connectivity index (χ4v) is 2.39. The van der Waals surface area contributed by atoms with E-state index in [2.05, 4.69) is 52.9 Å². The van der Waals surface area contributed by atoms with Gasteiger partial charge in [0.2, 0.25) is 0 Å². The van der Waals surface area contributed by atoms with E-state index in [9.17, 15) is 0 Å². The van der Waals surface area contributed by atoms with E-state index in [0.717, 1.165) is 24.6 Å². The van der Waals surface area contributed by atoms with E-state index in [-0.39, 0.29) is 0 Å². The van der Waals surface area contributed by atoms with E-state index in [1.807, 2.05) is 12.3 Å². The zero-order chi connectivity index (χ0) is 12.4. The lowest BCUT2D eigenvalue weighted by Gasteiger charge is -2.14. The Balaban J connectivity index is 1.85. The van der Waals surface area contributed by atoms with E-state index >= 15 is 0 Å². The van der Waals surface area contributed by atoms with Gasteiger partial charge in [0.25, 0.3) is 0 Å². The van der Waals surface area contributed by atoms with E-state index in [0.29, 0.717) is 5.92 Å². The van der Waals surface area contributed by atoms with Gasteiger partial charge < -0.3 is 10.6 Å². The Bertz CT molecular complexity index is 537. The van der Waals surface area contributed by atoms with Gasteiger partial charge in [0.15, 0.2) is 0 Å². The standard InChI is InChI=1S/C15H17N3/c1-11-7-8-16-15-14(11)17-9-13(10-18-15)12-5-3-2-4-6-12/h2-8,13,17H,9-10H2,1H3,(H,16,18). The molecule has 1 aromatic heterocycles. The highest BCUT2D eigenvalue weighted by Gasteiger charge is 2.18. The number of anilines is 2. The van der Waals surface area contributed by atoms with Crippen molar-refractivity contribution in [3.05, 3.63) is 53.7 Å². The molecule has 18 heavy (non-hydrogen) atoms. The molecule has 92 valence electrons. The summed E-state index contributed by atoms with van der Waals surface area (Å²) in [6.07, 6.45) is 1.85. The van der Waals surface area contributed by atoms with Crippen LogP contribution < -0.4 is 10.6 Å². The van der Waals surface area contributed by atoms with Crippen molar-refractivity contribution in [1.82, 2.24) is 4.98 Å². The second-order valence-electron chi connectivity index (χ2n) is 4.72. The molecule has 0 fully saturated rings. The number of aromatic nitrogens is 1. The molecule has 3 heteroatoms. The summed E-state index contributed by atoms with van der Waals surface area (Å²) >= 11 is 0. The summed E-state index contributed by atoms with van der Waals surface area (Å²) in [5.41, 5.74) is 3.74. The predicted molar refractivity (Wildman–Crippen MR) is 75.1 cm³/mol. The predicted octanol–water partition coefficient (Wildman–Crippen LogP) is 3.01. The van der Waals surface area contributed by atoms with Crippen molar-refractivity contribution in [1.29, 1.82) is 0 Å². The lowest BCUT2D eigenvalue weighted by atomic mass is 9.99. The Kier molecular flexibility index (Phi) is 2.89. The lowest BCUT2D eigenvalue weighted by Crippen LogP contribution is -2.16. The number of hydrogen-bond acceptors (Lipinski definition) is 3. The highest BCUT2D eigenvalue weighted by Crippen LogP contribution is 2.28. The molecule has 1 aliphatic rings. The maximum atomic E-state index is 4.39. The van der Waals surface area contributed by atoms with Crippen LogP contribution in [0.3, 0.4) is 0 Å². The molecule has 2 aromatic rings. The van der Waals surface area contributed by atoms with Crippen molar-refractivity contribution in [2.24, 2.45) is 0 Å². The molecule has 0 radical (unpaired) electrons. The molecule has 1 unspecified atom stereocenters. The van der Waals surface area contributed by atoms with E-state index < -0.39 is 0 Å². The van der Waals surface area contributed by atoms with Gasteiger partial charge >= 0.3 is 0 Å². The zero-order valence-corrected chi connectivity index (χ0v) is 10.5. The minimum absolute atomic E-state index is 0.472. The van der Waals surface area contributed by atoms with Crippen LogP contribution in [0.2, 0.25) is 0 Å². The first-order valence-corrected chi connectivity index (χ1v) is 6.33. The molecule has 1 atom stereocenters. The van der Waals surface area contributed by atoms with Gasteiger partial charge in [-0.1, -0.05) is 30.3 Å². The summed E-state index contributed by atoms with van der Waals surface area (Å²) in [5.74, 6) is 1.44. The number of hydrogen-bond donors (Lipinski definition) is 2. The largest absolute Gasteiger partial charge is 0.381 e. The first-order chi connectivity index (χ1) is 8.84. The van der Waals surface area contributed by atoms with Crippen molar-refractivity contribution in [2.45, 2.75) is 12.8 Å². The minimum atomic E-state index is 0.472. The Morgan fingerprint density at radius 2 is 1.83 bits per heavy atom. The normalized spacial score (nSPS) is 18.2. The topological polar surface area (TPSA) is 37.0 Å². The van der Waals surface area contributed by atoms with Gasteiger partial charge in [-0.3, -0.25) is 0 Å². The maximum Gasteiger partial charge on any atom is 0.149 e. The molecule has 1 aliphatic heterocycles. The zero-order valence-electron chi connectivity index (χ0n) is 10.5. The highest BCUT2D eigenvalue weighted by molar-refractivity contribution is 5.69. The van der Waals surface area contributed by atoms with E-state index in [1.165, 1.54) is 11.1 Å². The summed E-state index contributed by atoms with van der Waals surface area (Å²) in [4.78, 5) is 4.39. The smallest absolute Gasteiger partial charge is 0.149 e. The number of rotatable bonds is 1. The van der Waals surface area contributed by atoms with Gasteiger partial charge in [-0.2, -0.15) is 0 Å². The molecule has 0 spiro atoms. The van der Waals surface area contributed by atoms with E-state index in [4.69, 9.17) is 0 Å². The van der Waals surface area contributed by atoms with Crippen molar-refractivity contribution < 1.29 is 0 Å². The van der Waals surface area contributed by atoms with Crippen LogP contribution in [0.1, 0.15) is 17.0 Å². The Hall–Kier alpha value is -2.03. The average molecular weight is 239 g/mol. The summed E-state index contributed by atoms with van der Waals surface area (Å²) in [7, 11) is 0. The number of aryl methyl sites for hydroxylation is 1. The van der Waals surface area contributed by atoms with Crippen molar-refractivity contribution >= 4 is 11.5 Å². The third kappa shape index (κ3) is 2.04. The highest BCUT2D eigenvalue weighted by atomic mass is 15.1. The third-order valence-corrected chi connectivity index (χ3v) is 3.47. The van der Waals surface area contributed by atoms with E-state index in [1.54, 1.807) is 0 Å². The van der Waals surface area contributed by atoms with Gasteiger partial charge in [0.1, 0.15) is 5.82 Å². The fourth-order valence-electron chi connectivity index (χ4n) is 2.39. The number of benzene rings is 1. The Morgan fingerprint density at radius 1 is 1.06 bits per heavy atom. The first-order valence-electron chi connectivity index (χ1n) is 6.33. The second-order valence-corrected chi connectivity index (χ2v) is 4.72. The fraction of sp³-hybridized carbons (Fsp3) is 0.267. The van der Waals surface area contributed by atoms with Gasteiger partial charge in [-0.05, 0) is 24.1 Å². The van der Waals surface area contributed by atoms with Crippen LogP contribution in [-0.4, -0.2) is 18.1 Å². The molecule has 0 bridgehead atoms. The van der Waals surface area contributed by atoms with Crippen LogP contribution in [-0.2, 0) is 0 Å². The van der Waals surface area contributed by atoms with Crippen LogP contribution in [0.15, 0.2) is 42.6 Å². The SMILES string of the molecule is Cc1ccnc2c1NCC(c1ccccc1)CN2. The van der Waals surface area contributed by atoms with Crippen molar-refractivity contribution in [2.75, 3.05) is 23.7 Å². The Morgan fingerprint density at radius 3 is 2.67 bits per heavy atom. The van der Waals surface area contributed by atoms with Crippen molar-refractivity contribution in [3.63, 3.8) is 0 Å². The quantitative estimate of drug-likeness (QED) is 0.803. The minimum Gasteiger partial charge on any atom is -0.381 e. The second kappa shape index (κ2) is 4.69. The molecule has 0 saturated carbocycles. The number of fused-ring (bicyclic) bond motifs is 1.